The van der Waals surface area contributed by atoms with Crippen molar-refractivity contribution >= 4 is 11.9 Å². The summed E-state index contributed by atoms with van der Waals surface area (Å²) in [7, 11) is 0. The predicted molar refractivity (Wildman–Crippen MR) is 114 cm³/mol. The molecule has 4 nitrogen and oxygen atoms in total. The fraction of sp³-hybridized carbons (Fsp3) is 0.667. The summed E-state index contributed by atoms with van der Waals surface area (Å²) in [6, 6.07) is 6.63. The molecule has 1 atom stereocenters. The Bertz CT molecular complexity index is 567. The number of carbonyl (C=O) groups excluding carboxylic acids is 2. The lowest BCUT2D eigenvalue weighted by Gasteiger charge is -2.14. The Morgan fingerprint density at radius 1 is 0.821 bits per heavy atom. The van der Waals surface area contributed by atoms with E-state index < -0.39 is 0 Å². The third kappa shape index (κ3) is 9.91. The van der Waals surface area contributed by atoms with Gasteiger partial charge in [0.25, 0.3) is 0 Å². The summed E-state index contributed by atoms with van der Waals surface area (Å²) >= 11 is 0. The number of rotatable bonds is 15. The molecule has 0 bridgehead atoms. The van der Waals surface area contributed by atoms with Gasteiger partial charge in [-0.15, -0.1) is 0 Å². The van der Waals surface area contributed by atoms with Gasteiger partial charge in [-0.3, -0.25) is 0 Å². The highest BCUT2D eigenvalue weighted by Crippen LogP contribution is 2.15. The van der Waals surface area contributed by atoms with E-state index in [2.05, 4.69) is 20.8 Å². The van der Waals surface area contributed by atoms with Gasteiger partial charge in [-0.2, -0.15) is 0 Å². The zero-order valence-corrected chi connectivity index (χ0v) is 18.0. The minimum atomic E-state index is -0.377. The topological polar surface area (TPSA) is 52.6 Å². The molecule has 0 aliphatic heterocycles. The van der Waals surface area contributed by atoms with Crippen LogP contribution in [0.4, 0.5) is 0 Å². The zero-order valence-electron chi connectivity index (χ0n) is 18.0. The van der Waals surface area contributed by atoms with Gasteiger partial charge in [-0.25, -0.2) is 9.59 Å². The molecule has 0 heterocycles. The molecule has 0 aliphatic rings. The molecular formula is C24H38O4. The van der Waals surface area contributed by atoms with Gasteiger partial charge in [0.2, 0.25) is 0 Å². The summed E-state index contributed by atoms with van der Waals surface area (Å²) < 4.78 is 10.8. The third-order valence-electron chi connectivity index (χ3n) is 5.06. The fourth-order valence-corrected chi connectivity index (χ4v) is 3.08. The van der Waals surface area contributed by atoms with Gasteiger partial charge in [0.1, 0.15) is 0 Å². The molecule has 28 heavy (non-hydrogen) atoms. The molecule has 4 heteroatoms. The van der Waals surface area contributed by atoms with E-state index in [4.69, 9.17) is 9.47 Å². The molecule has 0 aliphatic carbocycles. The van der Waals surface area contributed by atoms with Crippen molar-refractivity contribution in [2.24, 2.45) is 5.92 Å². The summed E-state index contributed by atoms with van der Waals surface area (Å²) in [6.07, 6.45) is 11.2. The molecule has 158 valence electrons. The minimum Gasteiger partial charge on any atom is -0.462 e. The van der Waals surface area contributed by atoms with Crippen molar-refractivity contribution < 1.29 is 19.1 Å². The lowest BCUT2D eigenvalue weighted by Crippen LogP contribution is -2.15. The van der Waals surface area contributed by atoms with E-state index in [1.807, 2.05) is 0 Å². The van der Waals surface area contributed by atoms with E-state index in [9.17, 15) is 9.59 Å². The Morgan fingerprint density at radius 3 is 2.07 bits per heavy atom. The van der Waals surface area contributed by atoms with Crippen LogP contribution in [0.25, 0.3) is 0 Å². The number of unbranched alkanes of at least 4 members (excludes halogenated alkanes) is 6. The van der Waals surface area contributed by atoms with Crippen molar-refractivity contribution in [3.05, 3.63) is 35.4 Å². The first kappa shape index (κ1) is 24.2. The van der Waals surface area contributed by atoms with Crippen LogP contribution in [0, 0.1) is 5.92 Å². The van der Waals surface area contributed by atoms with E-state index in [0.717, 1.165) is 38.5 Å². The Balaban J connectivity index is 2.42. The van der Waals surface area contributed by atoms with Crippen LogP contribution in [0.15, 0.2) is 24.3 Å². The van der Waals surface area contributed by atoms with Gasteiger partial charge in [0.05, 0.1) is 24.3 Å². The summed E-state index contributed by atoms with van der Waals surface area (Å²) in [5.41, 5.74) is 0.804. The molecule has 1 rings (SSSR count). The molecule has 1 aromatic rings. The molecule has 0 saturated heterocycles. The molecule has 0 fully saturated rings. The molecule has 1 aromatic carbocycles. The first-order valence-corrected chi connectivity index (χ1v) is 11.1. The third-order valence-corrected chi connectivity index (χ3v) is 5.06. The number of esters is 2. The fourth-order valence-electron chi connectivity index (χ4n) is 3.08. The van der Waals surface area contributed by atoms with Crippen molar-refractivity contribution in [2.45, 2.75) is 85.0 Å². The van der Waals surface area contributed by atoms with Gasteiger partial charge in [-0.05, 0) is 37.0 Å². The quantitative estimate of drug-likeness (QED) is 0.251. The van der Waals surface area contributed by atoms with Gasteiger partial charge >= 0.3 is 11.9 Å². The maximum absolute atomic E-state index is 12.3. The minimum absolute atomic E-state index is 0.375. The Kier molecular flexibility index (Phi) is 13.1. The molecule has 0 saturated carbocycles. The molecule has 0 radical (unpaired) electrons. The summed E-state index contributed by atoms with van der Waals surface area (Å²) in [5, 5.41) is 0. The smallest absolute Gasteiger partial charge is 0.338 e. The van der Waals surface area contributed by atoms with Gasteiger partial charge in [-0.1, -0.05) is 78.2 Å². The molecule has 0 N–H and O–H groups in total. The second kappa shape index (κ2) is 15.1. The molecular weight excluding hydrogens is 352 g/mol. The zero-order chi connectivity index (χ0) is 20.6. The first-order chi connectivity index (χ1) is 13.6. The van der Waals surface area contributed by atoms with Crippen molar-refractivity contribution in [2.75, 3.05) is 13.2 Å². The van der Waals surface area contributed by atoms with Gasteiger partial charge < -0.3 is 9.47 Å². The van der Waals surface area contributed by atoms with E-state index in [1.54, 1.807) is 24.3 Å². The lowest BCUT2D eigenvalue weighted by atomic mass is 10.0. The summed E-state index contributed by atoms with van der Waals surface area (Å²) in [5.74, 6) is -0.354. The molecule has 0 aromatic heterocycles. The average molecular weight is 391 g/mol. The maximum Gasteiger partial charge on any atom is 0.338 e. The highest BCUT2D eigenvalue weighted by Gasteiger charge is 2.14. The normalized spacial score (nSPS) is 11.8. The lowest BCUT2D eigenvalue weighted by molar-refractivity contribution is 0.0428. The highest BCUT2D eigenvalue weighted by atomic mass is 16.5. The Morgan fingerprint density at radius 2 is 1.43 bits per heavy atom. The second-order valence-electron chi connectivity index (χ2n) is 7.50. The summed E-state index contributed by atoms with van der Waals surface area (Å²) in [4.78, 5) is 24.5. The van der Waals surface area contributed by atoms with Crippen LogP contribution >= 0.6 is 0 Å². The number of carbonyl (C=O) groups is 2. The van der Waals surface area contributed by atoms with Crippen LogP contribution in [0.2, 0.25) is 0 Å². The first-order valence-electron chi connectivity index (χ1n) is 11.1. The standard InChI is InChI=1S/C24H38O4/c1-4-7-9-10-11-12-17-27-23(25)21-15-13-16-22(18-21)24(26)28-19-20(6-3)14-8-5-2/h13,15-16,18,20H,4-12,14,17,19H2,1-3H3. The van der Waals surface area contributed by atoms with E-state index in [1.165, 1.54) is 25.7 Å². The monoisotopic (exact) mass is 390 g/mol. The summed E-state index contributed by atoms with van der Waals surface area (Å²) in [6.45, 7) is 7.34. The van der Waals surface area contributed by atoms with Crippen LogP contribution in [-0.2, 0) is 9.47 Å². The van der Waals surface area contributed by atoms with Crippen LogP contribution in [0.1, 0.15) is 106 Å². The second-order valence-corrected chi connectivity index (χ2v) is 7.50. The van der Waals surface area contributed by atoms with Crippen LogP contribution in [-0.4, -0.2) is 25.2 Å². The predicted octanol–water partition coefficient (Wildman–Crippen LogP) is 6.58. The number of hydrogen-bond acceptors (Lipinski definition) is 4. The van der Waals surface area contributed by atoms with Crippen molar-refractivity contribution in [3.8, 4) is 0 Å². The van der Waals surface area contributed by atoms with Crippen molar-refractivity contribution in [1.29, 1.82) is 0 Å². The van der Waals surface area contributed by atoms with Gasteiger partial charge in [0.15, 0.2) is 0 Å². The molecule has 0 spiro atoms. The SMILES string of the molecule is CCCCCCCCOC(=O)c1cccc(C(=O)OCC(CC)CCCC)c1. The van der Waals surface area contributed by atoms with E-state index >= 15 is 0 Å². The van der Waals surface area contributed by atoms with E-state index in [-0.39, 0.29) is 11.9 Å². The Hall–Kier alpha value is -1.84. The van der Waals surface area contributed by atoms with Crippen LogP contribution in [0.5, 0.6) is 0 Å². The van der Waals surface area contributed by atoms with Crippen LogP contribution in [0.3, 0.4) is 0 Å². The number of benzene rings is 1. The number of ether oxygens (including phenoxy) is 2. The van der Waals surface area contributed by atoms with E-state index in [0.29, 0.717) is 30.3 Å². The largest absolute Gasteiger partial charge is 0.462 e. The maximum atomic E-state index is 12.3. The van der Waals surface area contributed by atoms with Gasteiger partial charge in [0, 0.05) is 0 Å². The Labute approximate surface area is 171 Å². The van der Waals surface area contributed by atoms with Crippen molar-refractivity contribution in [3.63, 3.8) is 0 Å². The molecule has 1 unspecified atom stereocenters. The van der Waals surface area contributed by atoms with Crippen LogP contribution < -0.4 is 0 Å². The highest BCUT2D eigenvalue weighted by molar-refractivity contribution is 5.95. The van der Waals surface area contributed by atoms with Crippen molar-refractivity contribution in [1.82, 2.24) is 0 Å². The molecule has 0 amide bonds. The average Bonchev–Trinajstić information content (AvgIpc) is 2.73. The number of hydrogen-bond donors (Lipinski definition) is 0.